The molecule has 31 heavy (non-hydrogen) atoms. The van der Waals surface area contributed by atoms with Gasteiger partial charge in [0.25, 0.3) is 5.56 Å². The zero-order chi connectivity index (χ0) is 21.4. The maximum absolute atomic E-state index is 14.1. The first-order valence-corrected chi connectivity index (χ1v) is 10.1. The number of amides is 1. The summed E-state index contributed by atoms with van der Waals surface area (Å²) in [6, 6.07) is 15.9. The molecular formula is C23H20FN5O2. The molecule has 8 heteroatoms. The molecule has 0 N–H and O–H groups in total. The monoisotopic (exact) mass is 417 g/mol. The van der Waals surface area contributed by atoms with Gasteiger partial charge in [0.05, 0.1) is 11.9 Å². The quantitative estimate of drug-likeness (QED) is 0.484. The summed E-state index contributed by atoms with van der Waals surface area (Å²) in [7, 11) is 0. The molecule has 156 valence electrons. The SMILES string of the molecule is O=C(Cn1cnc2c(cnn2-c2ccccc2)c1=O)N(Cc1ccccc1F)C1CC1. The van der Waals surface area contributed by atoms with Gasteiger partial charge < -0.3 is 4.90 Å². The van der Waals surface area contributed by atoms with E-state index < -0.39 is 0 Å². The zero-order valence-corrected chi connectivity index (χ0v) is 16.7. The van der Waals surface area contributed by atoms with Gasteiger partial charge in [-0.3, -0.25) is 14.2 Å². The van der Waals surface area contributed by atoms with Crippen molar-refractivity contribution in [3.63, 3.8) is 0 Å². The van der Waals surface area contributed by atoms with Crippen molar-refractivity contribution in [1.82, 2.24) is 24.2 Å². The molecule has 0 unspecified atom stereocenters. The lowest BCUT2D eigenvalue weighted by Gasteiger charge is -2.23. The molecule has 2 heterocycles. The van der Waals surface area contributed by atoms with E-state index >= 15 is 0 Å². The highest BCUT2D eigenvalue weighted by molar-refractivity contribution is 5.78. The Labute approximate surface area is 177 Å². The fourth-order valence-corrected chi connectivity index (χ4v) is 3.67. The van der Waals surface area contributed by atoms with Crippen molar-refractivity contribution in [1.29, 1.82) is 0 Å². The van der Waals surface area contributed by atoms with Crippen LogP contribution in [0.2, 0.25) is 0 Å². The first kappa shape index (κ1) is 19.2. The molecule has 0 bridgehead atoms. The average Bonchev–Trinajstić information content (AvgIpc) is 3.53. The van der Waals surface area contributed by atoms with Crippen LogP contribution in [0.1, 0.15) is 18.4 Å². The second-order valence-corrected chi connectivity index (χ2v) is 7.65. The third-order valence-electron chi connectivity index (χ3n) is 5.47. The smallest absolute Gasteiger partial charge is 0.264 e. The summed E-state index contributed by atoms with van der Waals surface area (Å²) < 4.78 is 17.0. The van der Waals surface area contributed by atoms with E-state index in [0.29, 0.717) is 16.6 Å². The van der Waals surface area contributed by atoms with Gasteiger partial charge in [-0.05, 0) is 31.0 Å². The van der Waals surface area contributed by atoms with Crippen molar-refractivity contribution in [2.75, 3.05) is 0 Å². The number of halogens is 1. The van der Waals surface area contributed by atoms with E-state index in [1.54, 1.807) is 27.8 Å². The molecule has 1 aliphatic rings. The Balaban J connectivity index is 1.42. The molecule has 0 atom stereocenters. The zero-order valence-electron chi connectivity index (χ0n) is 16.7. The first-order valence-electron chi connectivity index (χ1n) is 10.1. The summed E-state index contributed by atoms with van der Waals surface area (Å²) in [5.41, 5.74) is 1.36. The van der Waals surface area contributed by atoms with E-state index in [-0.39, 0.29) is 36.4 Å². The number of rotatable bonds is 6. The third-order valence-corrected chi connectivity index (χ3v) is 5.47. The fraction of sp³-hybridized carbons (Fsp3) is 0.217. The van der Waals surface area contributed by atoms with Crippen LogP contribution in [-0.4, -0.2) is 36.2 Å². The van der Waals surface area contributed by atoms with Crippen LogP contribution < -0.4 is 5.56 Å². The van der Waals surface area contributed by atoms with Gasteiger partial charge in [-0.1, -0.05) is 36.4 Å². The van der Waals surface area contributed by atoms with Crippen LogP contribution in [-0.2, 0) is 17.9 Å². The normalized spacial score (nSPS) is 13.5. The lowest BCUT2D eigenvalue weighted by Crippen LogP contribution is -2.37. The van der Waals surface area contributed by atoms with Crippen LogP contribution in [0, 0.1) is 5.82 Å². The molecule has 2 aromatic heterocycles. The van der Waals surface area contributed by atoms with E-state index in [1.807, 2.05) is 30.3 Å². The minimum Gasteiger partial charge on any atom is -0.334 e. The molecule has 5 rings (SSSR count). The maximum Gasteiger partial charge on any atom is 0.264 e. The minimum atomic E-state index is -0.338. The molecule has 0 saturated heterocycles. The van der Waals surface area contributed by atoms with E-state index in [9.17, 15) is 14.0 Å². The Morgan fingerprint density at radius 1 is 1.10 bits per heavy atom. The molecule has 0 radical (unpaired) electrons. The molecule has 2 aromatic carbocycles. The standard InChI is InChI=1S/C23H20FN5O2/c24-20-9-5-4-6-16(20)13-28(17-10-11-17)21(30)14-27-15-25-22-19(23(27)31)12-26-29(22)18-7-2-1-3-8-18/h1-9,12,15,17H,10-11,13-14H2. The first-order chi connectivity index (χ1) is 15.1. The number of carbonyl (C=O) groups is 1. The van der Waals surface area contributed by atoms with E-state index in [1.165, 1.54) is 23.2 Å². The summed E-state index contributed by atoms with van der Waals surface area (Å²) in [6.07, 6.45) is 4.61. The number of aromatic nitrogens is 4. The number of carbonyl (C=O) groups excluding carboxylic acids is 1. The highest BCUT2D eigenvalue weighted by atomic mass is 19.1. The highest BCUT2D eigenvalue weighted by Crippen LogP contribution is 2.29. The summed E-state index contributed by atoms with van der Waals surface area (Å²) >= 11 is 0. The van der Waals surface area contributed by atoms with Gasteiger partial charge in [0, 0.05) is 18.2 Å². The number of fused-ring (bicyclic) bond motifs is 1. The maximum atomic E-state index is 14.1. The Bertz CT molecular complexity index is 1310. The number of hydrogen-bond donors (Lipinski definition) is 0. The van der Waals surface area contributed by atoms with Crippen LogP contribution in [0.15, 0.2) is 71.9 Å². The largest absolute Gasteiger partial charge is 0.334 e. The number of hydrogen-bond acceptors (Lipinski definition) is 4. The molecule has 1 fully saturated rings. The van der Waals surface area contributed by atoms with Crippen molar-refractivity contribution in [3.8, 4) is 5.69 Å². The average molecular weight is 417 g/mol. The van der Waals surface area contributed by atoms with Crippen LogP contribution in [0.5, 0.6) is 0 Å². The third kappa shape index (κ3) is 3.72. The van der Waals surface area contributed by atoms with Crippen molar-refractivity contribution in [3.05, 3.63) is 88.9 Å². The van der Waals surface area contributed by atoms with Gasteiger partial charge in [0.1, 0.15) is 24.1 Å². The summed E-state index contributed by atoms with van der Waals surface area (Å²) in [5, 5.41) is 4.63. The predicted molar refractivity (Wildman–Crippen MR) is 113 cm³/mol. The number of benzene rings is 2. The molecule has 0 spiro atoms. The van der Waals surface area contributed by atoms with Crippen molar-refractivity contribution in [2.45, 2.75) is 32.0 Å². The molecule has 1 aliphatic carbocycles. The second kappa shape index (κ2) is 7.79. The van der Waals surface area contributed by atoms with Gasteiger partial charge in [0.15, 0.2) is 5.65 Å². The second-order valence-electron chi connectivity index (χ2n) is 7.65. The Kier molecular flexibility index (Phi) is 4.82. The van der Waals surface area contributed by atoms with Crippen LogP contribution in [0.4, 0.5) is 4.39 Å². The fourth-order valence-electron chi connectivity index (χ4n) is 3.67. The van der Waals surface area contributed by atoms with E-state index in [4.69, 9.17) is 0 Å². The molecule has 7 nitrogen and oxygen atoms in total. The topological polar surface area (TPSA) is 73.0 Å². The van der Waals surface area contributed by atoms with Gasteiger partial charge in [0.2, 0.25) is 5.91 Å². The van der Waals surface area contributed by atoms with E-state index in [0.717, 1.165) is 18.5 Å². The van der Waals surface area contributed by atoms with E-state index in [2.05, 4.69) is 10.1 Å². The number of nitrogens with zero attached hydrogens (tertiary/aromatic N) is 5. The summed E-state index contributed by atoms with van der Waals surface area (Å²) in [4.78, 5) is 32.0. The van der Waals surface area contributed by atoms with Crippen molar-refractivity contribution < 1.29 is 9.18 Å². The van der Waals surface area contributed by atoms with Gasteiger partial charge in [-0.15, -0.1) is 0 Å². The Morgan fingerprint density at radius 2 is 1.84 bits per heavy atom. The molecular weight excluding hydrogens is 397 g/mol. The highest BCUT2D eigenvalue weighted by Gasteiger charge is 2.33. The Morgan fingerprint density at radius 3 is 2.58 bits per heavy atom. The van der Waals surface area contributed by atoms with Gasteiger partial charge >= 0.3 is 0 Å². The minimum absolute atomic E-state index is 0.0836. The molecule has 4 aromatic rings. The Hall–Kier alpha value is -3.81. The van der Waals surface area contributed by atoms with Crippen molar-refractivity contribution >= 4 is 16.9 Å². The van der Waals surface area contributed by atoms with Crippen LogP contribution in [0.3, 0.4) is 0 Å². The lowest BCUT2D eigenvalue weighted by molar-refractivity contribution is -0.133. The number of para-hydroxylation sites is 1. The van der Waals surface area contributed by atoms with Crippen LogP contribution in [0.25, 0.3) is 16.7 Å². The van der Waals surface area contributed by atoms with Crippen molar-refractivity contribution in [2.24, 2.45) is 0 Å². The van der Waals surface area contributed by atoms with Crippen LogP contribution >= 0.6 is 0 Å². The molecule has 1 amide bonds. The predicted octanol–water partition coefficient (Wildman–Crippen LogP) is 2.91. The lowest BCUT2D eigenvalue weighted by atomic mass is 10.2. The summed E-state index contributed by atoms with van der Waals surface area (Å²) in [5.74, 6) is -0.570. The molecule has 0 aliphatic heterocycles. The van der Waals surface area contributed by atoms with Gasteiger partial charge in [-0.25, -0.2) is 14.1 Å². The summed E-state index contributed by atoms with van der Waals surface area (Å²) in [6.45, 7) is 0.0375. The van der Waals surface area contributed by atoms with Gasteiger partial charge in [-0.2, -0.15) is 5.10 Å². The molecule has 1 saturated carbocycles.